The molecule has 0 saturated carbocycles. The van der Waals surface area contributed by atoms with Crippen LogP contribution in [0, 0.1) is 0 Å². The highest BCUT2D eigenvalue weighted by Crippen LogP contribution is 2.12. The molecular weight excluding hydrogens is 222 g/mol. The molecule has 0 unspecified atom stereocenters. The van der Waals surface area contributed by atoms with E-state index in [0.717, 1.165) is 5.69 Å². The Balaban J connectivity index is 2.31. The van der Waals surface area contributed by atoms with E-state index >= 15 is 0 Å². The largest absolute Gasteiger partial charge is 0.481 e. The number of amides is 1. The maximum absolute atomic E-state index is 11.4. The standard InChI is InChI=1S/C11H17N3O3/c1-16-6-5-12-10(15)8-14-9-3-4-13-11(7-9)17-2/h3-4,7H,5-6,8H2,1-2H3,(H,12,15)(H,13,14). The molecule has 94 valence electrons. The fourth-order valence-corrected chi connectivity index (χ4v) is 1.17. The van der Waals surface area contributed by atoms with Crippen molar-refractivity contribution in [2.75, 3.05) is 39.2 Å². The molecule has 0 radical (unpaired) electrons. The lowest BCUT2D eigenvalue weighted by Crippen LogP contribution is -2.32. The number of hydrogen-bond donors (Lipinski definition) is 2. The molecule has 1 heterocycles. The van der Waals surface area contributed by atoms with Gasteiger partial charge in [0.2, 0.25) is 11.8 Å². The lowest BCUT2D eigenvalue weighted by molar-refractivity contribution is -0.119. The monoisotopic (exact) mass is 239 g/mol. The van der Waals surface area contributed by atoms with Gasteiger partial charge in [0.1, 0.15) is 0 Å². The smallest absolute Gasteiger partial charge is 0.239 e. The van der Waals surface area contributed by atoms with Gasteiger partial charge in [0.15, 0.2) is 0 Å². The summed E-state index contributed by atoms with van der Waals surface area (Å²) in [7, 11) is 3.14. The van der Waals surface area contributed by atoms with Crippen LogP contribution in [-0.2, 0) is 9.53 Å². The molecule has 17 heavy (non-hydrogen) atoms. The first-order valence-corrected chi connectivity index (χ1v) is 5.26. The number of rotatable bonds is 7. The van der Waals surface area contributed by atoms with Crippen molar-refractivity contribution in [2.24, 2.45) is 0 Å². The molecule has 0 atom stereocenters. The second-order valence-corrected chi connectivity index (χ2v) is 3.28. The number of aromatic nitrogens is 1. The number of ether oxygens (including phenoxy) is 2. The summed E-state index contributed by atoms with van der Waals surface area (Å²) in [4.78, 5) is 15.3. The molecule has 0 aromatic carbocycles. The molecule has 6 heteroatoms. The first-order valence-electron chi connectivity index (χ1n) is 5.26. The zero-order valence-corrected chi connectivity index (χ0v) is 10.0. The third-order valence-corrected chi connectivity index (χ3v) is 2.03. The van der Waals surface area contributed by atoms with Gasteiger partial charge < -0.3 is 20.1 Å². The van der Waals surface area contributed by atoms with Crippen LogP contribution in [0.15, 0.2) is 18.3 Å². The topological polar surface area (TPSA) is 72.5 Å². The summed E-state index contributed by atoms with van der Waals surface area (Å²) in [5, 5.41) is 5.68. The molecule has 1 aromatic heterocycles. The molecule has 1 aromatic rings. The van der Waals surface area contributed by atoms with Crippen LogP contribution in [0.2, 0.25) is 0 Å². The number of anilines is 1. The molecule has 0 saturated heterocycles. The van der Waals surface area contributed by atoms with Crippen LogP contribution in [-0.4, -0.2) is 44.8 Å². The van der Waals surface area contributed by atoms with Gasteiger partial charge in [-0.3, -0.25) is 4.79 Å². The predicted octanol–water partition coefficient (Wildman–Crippen LogP) is 0.265. The van der Waals surface area contributed by atoms with Gasteiger partial charge >= 0.3 is 0 Å². The highest BCUT2D eigenvalue weighted by Gasteiger charge is 2.01. The number of carbonyl (C=O) groups excluding carboxylic acids is 1. The Kier molecular flexibility index (Phi) is 5.81. The predicted molar refractivity (Wildman–Crippen MR) is 64.2 cm³/mol. The first kappa shape index (κ1) is 13.2. The molecule has 0 aliphatic carbocycles. The highest BCUT2D eigenvalue weighted by molar-refractivity contribution is 5.80. The van der Waals surface area contributed by atoms with E-state index in [4.69, 9.17) is 9.47 Å². The van der Waals surface area contributed by atoms with Crippen molar-refractivity contribution < 1.29 is 14.3 Å². The van der Waals surface area contributed by atoms with E-state index in [1.165, 1.54) is 0 Å². The van der Waals surface area contributed by atoms with E-state index in [0.29, 0.717) is 19.0 Å². The number of hydrogen-bond acceptors (Lipinski definition) is 5. The Morgan fingerprint density at radius 1 is 1.47 bits per heavy atom. The van der Waals surface area contributed by atoms with Crippen LogP contribution in [0.25, 0.3) is 0 Å². The van der Waals surface area contributed by atoms with Gasteiger partial charge in [0.05, 0.1) is 20.3 Å². The van der Waals surface area contributed by atoms with E-state index in [2.05, 4.69) is 15.6 Å². The molecule has 0 aliphatic heterocycles. The highest BCUT2D eigenvalue weighted by atomic mass is 16.5. The molecular formula is C11H17N3O3. The third-order valence-electron chi connectivity index (χ3n) is 2.03. The van der Waals surface area contributed by atoms with E-state index < -0.39 is 0 Å². The lowest BCUT2D eigenvalue weighted by atomic mass is 10.4. The van der Waals surface area contributed by atoms with Crippen molar-refractivity contribution in [3.8, 4) is 5.88 Å². The van der Waals surface area contributed by atoms with Crippen LogP contribution in [0.4, 0.5) is 5.69 Å². The summed E-state index contributed by atoms with van der Waals surface area (Å²) in [6, 6.07) is 3.49. The quantitative estimate of drug-likeness (QED) is 0.668. The van der Waals surface area contributed by atoms with Gasteiger partial charge in [0.25, 0.3) is 0 Å². The average molecular weight is 239 g/mol. The molecule has 1 amide bonds. The second-order valence-electron chi connectivity index (χ2n) is 3.28. The van der Waals surface area contributed by atoms with Gasteiger partial charge in [-0.05, 0) is 6.07 Å². The van der Waals surface area contributed by atoms with Crippen molar-refractivity contribution in [3.05, 3.63) is 18.3 Å². The number of methoxy groups -OCH3 is 2. The van der Waals surface area contributed by atoms with E-state index in [1.54, 1.807) is 32.5 Å². The third kappa shape index (κ3) is 5.17. The summed E-state index contributed by atoms with van der Waals surface area (Å²) in [6.45, 7) is 1.22. The minimum atomic E-state index is -0.0853. The fraction of sp³-hybridized carbons (Fsp3) is 0.455. The fourth-order valence-electron chi connectivity index (χ4n) is 1.17. The van der Waals surface area contributed by atoms with Crippen molar-refractivity contribution >= 4 is 11.6 Å². The van der Waals surface area contributed by atoms with Crippen LogP contribution < -0.4 is 15.4 Å². The van der Waals surface area contributed by atoms with Crippen LogP contribution >= 0.6 is 0 Å². The normalized spacial score (nSPS) is 9.76. The Morgan fingerprint density at radius 3 is 3.00 bits per heavy atom. The summed E-state index contributed by atoms with van der Waals surface area (Å²) in [5.74, 6) is 0.424. The zero-order valence-electron chi connectivity index (χ0n) is 10.0. The SMILES string of the molecule is COCCNC(=O)CNc1ccnc(OC)c1. The van der Waals surface area contributed by atoms with Gasteiger partial charge in [-0.25, -0.2) is 4.98 Å². The van der Waals surface area contributed by atoms with Crippen molar-refractivity contribution in [2.45, 2.75) is 0 Å². The minimum absolute atomic E-state index is 0.0853. The second kappa shape index (κ2) is 7.45. The summed E-state index contributed by atoms with van der Waals surface area (Å²) >= 11 is 0. The van der Waals surface area contributed by atoms with Crippen LogP contribution in [0.1, 0.15) is 0 Å². The zero-order chi connectivity index (χ0) is 12.5. The Bertz CT molecular complexity index is 358. The van der Waals surface area contributed by atoms with E-state index in [-0.39, 0.29) is 12.5 Å². The summed E-state index contributed by atoms with van der Waals surface area (Å²) < 4.78 is 9.80. The maximum atomic E-state index is 11.4. The molecule has 2 N–H and O–H groups in total. The van der Waals surface area contributed by atoms with Crippen molar-refractivity contribution in [1.82, 2.24) is 10.3 Å². The first-order chi connectivity index (χ1) is 8.26. The number of nitrogens with zero attached hydrogens (tertiary/aromatic N) is 1. The average Bonchev–Trinajstić information content (AvgIpc) is 2.37. The van der Waals surface area contributed by atoms with Crippen LogP contribution in [0.3, 0.4) is 0 Å². The molecule has 6 nitrogen and oxygen atoms in total. The van der Waals surface area contributed by atoms with E-state index in [9.17, 15) is 4.79 Å². The minimum Gasteiger partial charge on any atom is -0.481 e. The maximum Gasteiger partial charge on any atom is 0.239 e. The molecule has 0 fully saturated rings. The number of nitrogens with one attached hydrogen (secondary N) is 2. The molecule has 0 aliphatic rings. The van der Waals surface area contributed by atoms with E-state index in [1.807, 2.05) is 0 Å². The lowest BCUT2D eigenvalue weighted by Gasteiger charge is -2.08. The Labute approximate surface area is 100 Å². The van der Waals surface area contributed by atoms with Gasteiger partial charge in [-0.1, -0.05) is 0 Å². The molecule has 0 bridgehead atoms. The van der Waals surface area contributed by atoms with Gasteiger partial charge in [-0.15, -0.1) is 0 Å². The number of pyridine rings is 1. The molecule has 1 rings (SSSR count). The molecule has 0 spiro atoms. The van der Waals surface area contributed by atoms with Gasteiger partial charge in [0, 0.05) is 31.6 Å². The van der Waals surface area contributed by atoms with Crippen molar-refractivity contribution in [1.29, 1.82) is 0 Å². The Morgan fingerprint density at radius 2 is 2.29 bits per heavy atom. The Hall–Kier alpha value is -1.82. The van der Waals surface area contributed by atoms with Crippen molar-refractivity contribution in [3.63, 3.8) is 0 Å². The number of carbonyl (C=O) groups is 1. The van der Waals surface area contributed by atoms with Crippen LogP contribution in [0.5, 0.6) is 5.88 Å². The summed E-state index contributed by atoms with van der Waals surface area (Å²) in [5.41, 5.74) is 0.791. The summed E-state index contributed by atoms with van der Waals surface area (Å²) in [6.07, 6.45) is 1.62. The van der Waals surface area contributed by atoms with Gasteiger partial charge in [-0.2, -0.15) is 0 Å².